The maximum absolute atomic E-state index is 15.8. The fourth-order valence-corrected chi connectivity index (χ4v) is 7.25. The molecule has 4 nitrogen and oxygen atoms in total. The first-order chi connectivity index (χ1) is 16.5. The lowest BCUT2D eigenvalue weighted by atomic mass is 9.55. The van der Waals surface area contributed by atoms with Crippen molar-refractivity contribution in [1.82, 2.24) is 5.32 Å². The minimum atomic E-state index is -1.17. The molecule has 35 heavy (non-hydrogen) atoms. The van der Waals surface area contributed by atoms with Gasteiger partial charge < -0.3 is 5.32 Å². The first-order valence-corrected chi connectivity index (χ1v) is 13.1. The minimum Gasteiger partial charge on any atom is -0.325 e. The number of halogens is 3. The highest BCUT2D eigenvalue weighted by Crippen LogP contribution is 2.63. The largest absolute Gasteiger partial charge is 0.325 e. The van der Waals surface area contributed by atoms with Crippen LogP contribution in [0.2, 0.25) is 10.0 Å². The highest BCUT2D eigenvalue weighted by atomic mass is 35.5. The summed E-state index contributed by atoms with van der Waals surface area (Å²) in [6, 6.07) is 9.54. The number of benzene rings is 2. The van der Waals surface area contributed by atoms with Gasteiger partial charge in [-0.2, -0.15) is 0 Å². The Morgan fingerprint density at radius 3 is 2.51 bits per heavy atom. The number of Topliss-reactive ketones (excluding diaryl/α,β-unsaturated/α-hetero) is 1. The average molecular weight is 517 g/mol. The summed E-state index contributed by atoms with van der Waals surface area (Å²) in [6.45, 7) is 6.04. The smallest absolute Gasteiger partial charge is 0.237 e. The Kier molecular flexibility index (Phi) is 6.05. The number of hydrogen-bond donors (Lipinski definition) is 2. The molecule has 1 amide bonds. The molecule has 2 aromatic rings. The van der Waals surface area contributed by atoms with Crippen LogP contribution in [0.25, 0.3) is 0 Å². The quantitative estimate of drug-likeness (QED) is 0.472. The van der Waals surface area contributed by atoms with Gasteiger partial charge in [-0.15, -0.1) is 0 Å². The van der Waals surface area contributed by atoms with E-state index in [0.717, 1.165) is 37.7 Å². The third-order valence-electron chi connectivity index (χ3n) is 8.07. The van der Waals surface area contributed by atoms with E-state index in [1.54, 1.807) is 24.3 Å². The summed E-state index contributed by atoms with van der Waals surface area (Å²) in [5.74, 6) is -1.55. The van der Waals surface area contributed by atoms with Crippen molar-refractivity contribution in [2.45, 2.75) is 82.2 Å². The first-order valence-electron chi connectivity index (χ1n) is 12.4. The van der Waals surface area contributed by atoms with Crippen LogP contribution in [-0.4, -0.2) is 23.3 Å². The molecular formula is C28H31Cl2FN2O2. The van der Waals surface area contributed by atoms with Crippen molar-refractivity contribution in [1.29, 1.82) is 0 Å². The minimum absolute atomic E-state index is 0.0148. The molecule has 0 aromatic heterocycles. The van der Waals surface area contributed by atoms with Gasteiger partial charge in [0.15, 0.2) is 5.78 Å². The Morgan fingerprint density at radius 1 is 1.11 bits per heavy atom. The molecule has 2 N–H and O–H groups in total. The fourth-order valence-electron chi connectivity index (χ4n) is 6.90. The number of amides is 1. The van der Waals surface area contributed by atoms with Gasteiger partial charge in [0.05, 0.1) is 11.1 Å². The molecule has 2 spiro atoms. The van der Waals surface area contributed by atoms with Crippen LogP contribution in [0.5, 0.6) is 0 Å². The normalized spacial score (nSPS) is 27.3. The standard InChI is InChI=1S/C28H31Cl2FN2O2/c1-26(2,3)15-21(34)24-22(17-8-7-9-19(30)23(17)31)28(27(33-24)12-5-4-6-13-27)18-11-10-16(29)14-20(18)32-25(28)35/h7-11,14,22,24,33H,4-6,12-13,15H2,1-3H3,(H,32,35)/t22-,24-,28+/m0/s1. The summed E-state index contributed by atoms with van der Waals surface area (Å²) < 4.78 is 15.8. The number of fused-ring (bicyclic) bond motifs is 3. The number of nitrogens with one attached hydrogen (secondary N) is 2. The van der Waals surface area contributed by atoms with Crippen molar-refractivity contribution in [2.24, 2.45) is 5.41 Å². The lowest BCUT2D eigenvalue weighted by Gasteiger charge is -2.47. The lowest BCUT2D eigenvalue weighted by molar-refractivity contribution is -0.124. The van der Waals surface area contributed by atoms with E-state index in [2.05, 4.69) is 10.6 Å². The third-order valence-corrected chi connectivity index (χ3v) is 8.60. The molecule has 3 atom stereocenters. The van der Waals surface area contributed by atoms with Crippen molar-refractivity contribution < 1.29 is 14.0 Å². The summed E-state index contributed by atoms with van der Waals surface area (Å²) in [4.78, 5) is 28.1. The Balaban J connectivity index is 1.81. The Morgan fingerprint density at radius 2 is 1.83 bits per heavy atom. The monoisotopic (exact) mass is 516 g/mol. The van der Waals surface area contributed by atoms with Crippen LogP contribution < -0.4 is 10.6 Å². The molecule has 1 aliphatic carbocycles. The Labute approximate surface area is 216 Å². The van der Waals surface area contributed by atoms with Gasteiger partial charge in [0, 0.05) is 28.6 Å². The molecule has 186 valence electrons. The van der Waals surface area contributed by atoms with Crippen molar-refractivity contribution in [3.63, 3.8) is 0 Å². The molecule has 5 rings (SSSR count). The number of anilines is 1. The Bertz CT molecular complexity index is 1200. The molecule has 2 aliphatic heterocycles. The third kappa shape index (κ3) is 3.73. The van der Waals surface area contributed by atoms with E-state index >= 15 is 4.39 Å². The lowest BCUT2D eigenvalue weighted by Crippen LogP contribution is -2.60. The summed E-state index contributed by atoms with van der Waals surface area (Å²) in [5, 5.41) is 7.24. The molecule has 1 saturated carbocycles. The Hall–Kier alpha value is -1.95. The molecule has 7 heteroatoms. The second-order valence-electron chi connectivity index (χ2n) is 11.5. The zero-order chi connectivity index (χ0) is 25.2. The molecular weight excluding hydrogens is 486 g/mol. The van der Waals surface area contributed by atoms with Crippen LogP contribution in [0.3, 0.4) is 0 Å². The zero-order valence-electron chi connectivity index (χ0n) is 20.3. The van der Waals surface area contributed by atoms with Crippen LogP contribution in [0, 0.1) is 11.2 Å². The van der Waals surface area contributed by atoms with E-state index in [1.807, 2.05) is 26.8 Å². The van der Waals surface area contributed by atoms with Crippen LogP contribution >= 0.6 is 23.2 Å². The van der Waals surface area contributed by atoms with E-state index in [-0.39, 0.29) is 22.1 Å². The van der Waals surface area contributed by atoms with Gasteiger partial charge in [0.2, 0.25) is 5.91 Å². The van der Waals surface area contributed by atoms with Gasteiger partial charge in [0.1, 0.15) is 11.2 Å². The number of rotatable bonds is 3. The molecule has 0 bridgehead atoms. The summed E-state index contributed by atoms with van der Waals surface area (Å²) in [7, 11) is 0. The van der Waals surface area contributed by atoms with Gasteiger partial charge in [-0.3, -0.25) is 14.9 Å². The summed E-state index contributed by atoms with van der Waals surface area (Å²) >= 11 is 12.6. The van der Waals surface area contributed by atoms with E-state index < -0.39 is 28.7 Å². The number of ketones is 1. The topological polar surface area (TPSA) is 58.2 Å². The number of carbonyl (C=O) groups excluding carboxylic acids is 2. The van der Waals surface area contributed by atoms with E-state index in [4.69, 9.17) is 23.2 Å². The fraction of sp³-hybridized carbons (Fsp3) is 0.500. The average Bonchev–Trinajstić information content (AvgIpc) is 3.23. The second-order valence-corrected chi connectivity index (χ2v) is 12.4. The van der Waals surface area contributed by atoms with Gasteiger partial charge in [-0.05, 0) is 47.6 Å². The molecule has 3 aliphatic rings. The molecule has 0 radical (unpaired) electrons. The second kappa shape index (κ2) is 8.57. The first kappa shape index (κ1) is 24.7. The van der Waals surface area contributed by atoms with Gasteiger partial charge >= 0.3 is 0 Å². The predicted octanol–water partition coefficient (Wildman–Crippen LogP) is 6.79. The van der Waals surface area contributed by atoms with Gasteiger partial charge in [-0.25, -0.2) is 4.39 Å². The van der Waals surface area contributed by atoms with Crippen molar-refractivity contribution in [2.75, 3.05) is 5.32 Å². The van der Waals surface area contributed by atoms with E-state index in [1.165, 1.54) is 6.07 Å². The summed E-state index contributed by atoms with van der Waals surface area (Å²) in [5.41, 5.74) is -0.405. The SMILES string of the molecule is CC(C)(C)CC(=O)[C@@H]1NC2(CCCCC2)[C@@]2(C(=O)Nc3cc(Cl)ccc32)[C@H]1c1cccc(Cl)c1F. The maximum atomic E-state index is 15.8. The predicted molar refractivity (Wildman–Crippen MR) is 138 cm³/mol. The van der Waals surface area contributed by atoms with E-state index in [0.29, 0.717) is 22.7 Å². The van der Waals surface area contributed by atoms with Gasteiger partial charge in [-0.1, -0.05) is 81.4 Å². The molecule has 0 unspecified atom stereocenters. The molecule has 2 heterocycles. The highest BCUT2D eigenvalue weighted by Gasteiger charge is 2.72. The molecule has 2 aromatic carbocycles. The van der Waals surface area contributed by atoms with Crippen LogP contribution in [0.4, 0.5) is 10.1 Å². The summed E-state index contributed by atoms with van der Waals surface area (Å²) in [6.07, 6.45) is 4.67. The van der Waals surface area contributed by atoms with Crippen LogP contribution in [0.15, 0.2) is 36.4 Å². The molecule has 1 saturated heterocycles. The zero-order valence-corrected chi connectivity index (χ0v) is 21.8. The number of hydrogen-bond acceptors (Lipinski definition) is 3. The number of carbonyl (C=O) groups is 2. The van der Waals surface area contributed by atoms with Crippen LogP contribution in [0.1, 0.15) is 76.3 Å². The molecule has 2 fully saturated rings. The van der Waals surface area contributed by atoms with Crippen molar-refractivity contribution in [3.05, 3.63) is 63.4 Å². The maximum Gasteiger partial charge on any atom is 0.237 e. The van der Waals surface area contributed by atoms with Crippen LogP contribution in [-0.2, 0) is 15.0 Å². The van der Waals surface area contributed by atoms with Gasteiger partial charge in [0.25, 0.3) is 0 Å². The highest BCUT2D eigenvalue weighted by molar-refractivity contribution is 6.31. The van der Waals surface area contributed by atoms with E-state index in [9.17, 15) is 9.59 Å². The van der Waals surface area contributed by atoms with Crippen molar-refractivity contribution >= 4 is 40.6 Å². The van der Waals surface area contributed by atoms with Crippen molar-refractivity contribution in [3.8, 4) is 0 Å².